The second-order valence-electron chi connectivity index (χ2n) is 5.44. The minimum Gasteiger partial charge on any atom is -0.361 e. The Labute approximate surface area is 144 Å². The SMILES string of the molecule is Cc1noc(C)c1CCC(=O)Nc1cccc(Cl)c1-n1cccn1. The van der Waals surface area contributed by atoms with Crippen molar-refractivity contribution in [3.63, 3.8) is 0 Å². The summed E-state index contributed by atoms with van der Waals surface area (Å²) in [6.45, 7) is 3.72. The van der Waals surface area contributed by atoms with Crippen LogP contribution in [0, 0.1) is 13.8 Å². The molecule has 1 N–H and O–H groups in total. The van der Waals surface area contributed by atoms with Gasteiger partial charge in [0.2, 0.25) is 5.91 Å². The molecule has 0 fully saturated rings. The average molecular weight is 345 g/mol. The zero-order valence-corrected chi connectivity index (χ0v) is 14.2. The summed E-state index contributed by atoms with van der Waals surface area (Å²) in [5.41, 5.74) is 3.06. The predicted molar refractivity (Wildman–Crippen MR) is 91.5 cm³/mol. The van der Waals surface area contributed by atoms with Crippen LogP contribution in [0.1, 0.15) is 23.4 Å². The lowest BCUT2D eigenvalue weighted by Gasteiger charge is -2.12. The highest BCUT2D eigenvalue weighted by Crippen LogP contribution is 2.28. The van der Waals surface area contributed by atoms with Crippen LogP contribution in [0.5, 0.6) is 0 Å². The van der Waals surface area contributed by atoms with Gasteiger partial charge in [-0.3, -0.25) is 4.79 Å². The van der Waals surface area contributed by atoms with Crippen molar-refractivity contribution < 1.29 is 9.32 Å². The number of rotatable bonds is 5. The normalized spacial score (nSPS) is 10.8. The van der Waals surface area contributed by atoms with E-state index in [4.69, 9.17) is 16.1 Å². The number of hydrogen-bond acceptors (Lipinski definition) is 4. The van der Waals surface area contributed by atoms with Gasteiger partial charge in [-0.2, -0.15) is 5.10 Å². The largest absolute Gasteiger partial charge is 0.361 e. The third-order valence-corrected chi connectivity index (χ3v) is 4.08. The Kier molecular flexibility index (Phi) is 4.66. The number of halogens is 1. The Morgan fingerprint density at radius 1 is 1.33 bits per heavy atom. The maximum Gasteiger partial charge on any atom is 0.224 e. The monoisotopic (exact) mass is 344 g/mol. The molecule has 7 heteroatoms. The summed E-state index contributed by atoms with van der Waals surface area (Å²) < 4.78 is 6.75. The number of para-hydroxylation sites is 1. The van der Waals surface area contributed by atoms with Gasteiger partial charge < -0.3 is 9.84 Å². The number of benzene rings is 1. The van der Waals surface area contributed by atoms with Gasteiger partial charge in [-0.05, 0) is 38.5 Å². The smallest absolute Gasteiger partial charge is 0.224 e. The van der Waals surface area contributed by atoms with Gasteiger partial charge in [-0.25, -0.2) is 4.68 Å². The van der Waals surface area contributed by atoms with E-state index < -0.39 is 0 Å². The van der Waals surface area contributed by atoms with Crippen molar-refractivity contribution in [2.24, 2.45) is 0 Å². The van der Waals surface area contributed by atoms with Crippen LogP contribution >= 0.6 is 11.6 Å². The van der Waals surface area contributed by atoms with E-state index in [0.717, 1.165) is 17.0 Å². The highest BCUT2D eigenvalue weighted by atomic mass is 35.5. The molecule has 3 aromatic rings. The lowest BCUT2D eigenvalue weighted by molar-refractivity contribution is -0.116. The number of carbonyl (C=O) groups is 1. The van der Waals surface area contributed by atoms with Crippen molar-refractivity contribution in [1.29, 1.82) is 0 Å². The Morgan fingerprint density at radius 2 is 2.17 bits per heavy atom. The fourth-order valence-corrected chi connectivity index (χ4v) is 2.82. The maximum absolute atomic E-state index is 12.3. The van der Waals surface area contributed by atoms with E-state index >= 15 is 0 Å². The van der Waals surface area contributed by atoms with E-state index in [2.05, 4.69) is 15.6 Å². The van der Waals surface area contributed by atoms with Gasteiger partial charge in [0.25, 0.3) is 0 Å². The second-order valence-corrected chi connectivity index (χ2v) is 5.84. The van der Waals surface area contributed by atoms with Crippen molar-refractivity contribution in [3.8, 4) is 5.69 Å². The van der Waals surface area contributed by atoms with Crippen molar-refractivity contribution in [2.75, 3.05) is 5.32 Å². The number of nitrogens with one attached hydrogen (secondary N) is 1. The molecule has 0 saturated carbocycles. The first-order chi connectivity index (χ1) is 11.6. The summed E-state index contributed by atoms with van der Waals surface area (Å²) in [4.78, 5) is 12.3. The molecule has 0 spiro atoms. The van der Waals surface area contributed by atoms with Gasteiger partial charge in [0.1, 0.15) is 11.4 Å². The van der Waals surface area contributed by atoms with Crippen LogP contribution in [-0.4, -0.2) is 20.8 Å². The van der Waals surface area contributed by atoms with Crippen LogP contribution in [0.3, 0.4) is 0 Å². The molecule has 0 aliphatic rings. The van der Waals surface area contributed by atoms with E-state index in [1.54, 1.807) is 41.3 Å². The van der Waals surface area contributed by atoms with Crippen LogP contribution in [0.15, 0.2) is 41.2 Å². The Balaban J connectivity index is 1.74. The minimum absolute atomic E-state index is 0.106. The first kappa shape index (κ1) is 16.3. The van der Waals surface area contributed by atoms with Gasteiger partial charge in [-0.15, -0.1) is 0 Å². The van der Waals surface area contributed by atoms with Crippen molar-refractivity contribution in [1.82, 2.24) is 14.9 Å². The molecule has 2 aromatic heterocycles. The summed E-state index contributed by atoms with van der Waals surface area (Å²) in [5.74, 6) is 0.644. The first-order valence-electron chi connectivity index (χ1n) is 7.56. The van der Waals surface area contributed by atoms with Crippen LogP contribution < -0.4 is 5.32 Å². The molecular formula is C17H17ClN4O2. The highest BCUT2D eigenvalue weighted by molar-refractivity contribution is 6.33. The maximum atomic E-state index is 12.3. The molecule has 0 unspecified atom stereocenters. The fraction of sp³-hybridized carbons (Fsp3) is 0.235. The third kappa shape index (κ3) is 3.33. The minimum atomic E-state index is -0.106. The molecule has 0 aliphatic heterocycles. The summed E-state index contributed by atoms with van der Waals surface area (Å²) in [6, 6.07) is 7.15. The lowest BCUT2D eigenvalue weighted by atomic mass is 10.1. The molecule has 1 aromatic carbocycles. The van der Waals surface area contributed by atoms with E-state index in [0.29, 0.717) is 29.2 Å². The van der Waals surface area contributed by atoms with Crippen LogP contribution in [0.25, 0.3) is 5.69 Å². The molecule has 0 atom stereocenters. The van der Waals surface area contributed by atoms with Crippen LogP contribution in [0.4, 0.5) is 5.69 Å². The van der Waals surface area contributed by atoms with E-state index in [-0.39, 0.29) is 5.91 Å². The zero-order valence-electron chi connectivity index (χ0n) is 13.4. The summed E-state index contributed by atoms with van der Waals surface area (Å²) in [6.07, 6.45) is 4.34. The number of aromatic nitrogens is 3. The van der Waals surface area contributed by atoms with Crippen LogP contribution in [-0.2, 0) is 11.2 Å². The molecule has 124 valence electrons. The molecule has 0 radical (unpaired) electrons. The number of hydrogen-bond donors (Lipinski definition) is 1. The third-order valence-electron chi connectivity index (χ3n) is 3.78. The van der Waals surface area contributed by atoms with E-state index in [1.165, 1.54) is 0 Å². The molecule has 0 saturated heterocycles. The summed E-state index contributed by atoms with van der Waals surface area (Å²) >= 11 is 6.27. The van der Waals surface area contributed by atoms with Gasteiger partial charge in [0.15, 0.2) is 0 Å². The second kappa shape index (κ2) is 6.88. The van der Waals surface area contributed by atoms with Gasteiger partial charge in [0.05, 0.1) is 16.4 Å². The molecule has 0 aliphatic carbocycles. The van der Waals surface area contributed by atoms with E-state index in [9.17, 15) is 4.79 Å². The summed E-state index contributed by atoms with van der Waals surface area (Å²) in [7, 11) is 0. The van der Waals surface area contributed by atoms with Crippen molar-refractivity contribution in [3.05, 3.63) is 58.7 Å². The van der Waals surface area contributed by atoms with Crippen LogP contribution in [0.2, 0.25) is 5.02 Å². The highest BCUT2D eigenvalue weighted by Gasteiger charge is 2.14. The number of anilines is 1. The lowest BCUT2D eigenvalue weighted by Crippen LogP contribution is -2.15. The molecule has 3 rings (SSSR count). The number of amides is 1. The number of aryl methyl sites for hydroxylation is 2. The number of carbonyl (C=O) groups excluding carboxylic acids is 1. The van der Waals surface area contributed by atoms with E-state index in [1.807, 2.05) is 13.8 Å². The van der Waals surface area contributed by atoms with Gasteiger partial charge in [-0.1, -0.05) is 22.8 Å². The van der Waals surface area contributed by atoms with Crippen molar-refractivity contribution in [2.45, 2.75) is 26.7 Å². The molecule has 6 nitrogen and oxygen atoms in total. The van der Waals surface area contributed by atoms with Gasteiger partial charge >= 0.3 is 0 Å². The molecule has 0 bridgehead atoms. The van der Waals surface area contributed by atoms with Crippen molar-refractivity contribution >= 4 is 23.2 Å². The first-order valence-corrected chi connectivity index (χ1v) is 7.94. The van der Waals surface area contributed by atoms with Gasteiger partial charge in [0, 0.05) is 24.4 Å². The quantitative estimate of drug-likeness (QED) is 0.765. The molecule has 24 heavy (non-hydrogen) atoms. The predicted octanol–water partition coefficient (Wildman–Crippen LogP) is 3.70. The zero-order chi connectivity index (χ0) is 17.1. The Morgan fingerprint density at radius 3 is 2.83 bits per heavy atom. The Bertz CT molecular complexity index is 836. The average Bonchev–Trinajstić information content (AvgIpc) is 3.17. The Hall–Kier alpha value is -2.60. The topological polar surface area (TPSA) is 73.0 Å². The standard InChI is InChI=1S/C17H17ClN4O2/c1-11-13(12(2)24-21-11)7-8-16(23)20-15-6-3-5-14(18)17(15)22-10-4-9-19-22/h3-6,9-10H,7-8H2,1-2H3,(H,20,23). The molecule has 1 amide bonds. The number of nitrogens with zero attached hydrogens (tertiary/aromatic N) is 3. The molecular weight excluding hydrogens is 328 g/mol. The summed E-state index contributed by atoms with van der Waals surface area (Å²) in [5, 5.41) is 11.5. The fourth-order valence-electron chi connectivity index (χ4n) is 2.56. The molecule has 2 heterocycles.